The van der Waals surface area contributed by atoms with Gasteiger partial charge in [-0.25, -0.2) is 4.98 Å². The van der Waals surface area contributed by atoms with Gasteiger partial charge < -0.3 is 4.42 Å². The molecule has 2 aromatic carbocycles. The second-order valence-electron chi connectivity index (χ2n) is 5.14. The number of hydrogen-bond acceptors (Lipinski definition) is 4. The monoisotopic (exact) mass is 310 g/mol. The van der Waals surface area contributed by atoms with Crippen molar-refractivity contribution >= 4 is 11.9 Å². The van der Waals surface area contributed by atoms with Crippen molar-refractivity contribution in [3.05, 3.63) is 72.8 Å². The maximum absolute atomic E-state index is 5.43. The molecule has 0 amide bonds. The number of aromatic nitrogens is 1. The molecule has 1 aliphatic carbocycles. The fourth-order valence-electron chi connectivity index (χ4n) is 2.05. The summed E-state index contributed by atoms with van der Waals surface area (Å²) in [6.45, 7) is 0. The van der Waals surface area contributed by atoms with E-state index >= 15 is 0 Å². The van der Waals surface area contributed by atoms with Crippen LogP contribution in [0.4, 0.5) is 0 Å². The molecule has 4 rings (SSSR count). The van der Waals surface area contributed by atoms with Crippen LogP contribution in [0.15, 0.2) is 76.2 Å². The van der Waals surface area contributed by atoms with E-state index in [9.17, 15) is 0 Å². The maximum atomic E-state index is 5.43. The van der Waals surface area contributed by atoms with Crippen molar-refractivity contribution in [3.63, 3.8) is 0 Å². The zero-order valence-electron chi connectivity index (χ0n) is 12.2. The molecule has 1 aromatic heterocycles. The average molecular weight is 310 g/mol. The Morgan fingerprint density at radius 3 is 2.14 bits per heavy atom. The van der Waals surface area contributed by atoms with Gasteiger partial charge in [0, 0.05) is 16.4 Å². The lowest BCUT2D eigenvalue weighted by molar-refractivity contribution is 0.497. The quantitative estimate of drug-likeness (QED) is 0.701. The lowest BCUT2D eigenvalue weighted by Crippen LogP contribution is -1.79. The van der Waals surface area contributed by atoms with Crippen LogP contribution in [0.5, 0.6) is 0 Å². The summed E-state index contributed by atoms with van der Waals surface area (Å²) < 4.78 is 5.43. The second kappa shape index (κ2) is 7.29. The van der Waals surface area contributed by atoms with E-state index in [1.807, 2.05) is 48.5 Å². The van der Waals surface area contributed by atoms with Gasteiger partial charge in [-0.2, -0.15) is 0 Å². The van der Waals surface area contributed by atoms with Gasteiger partial charge in [0.25, 0.3) is 0 Å². The fourth-order valence-corrected chi connectivity index (χ4v) is 2.36. The van der Waals surface area contributed by atoms with Crippen molar-refractivity contribution in [2.45, 2.75) is 23.7 Å². The highest BCUT2D eigenvalue weighted by atomic mass is 32.2. The molecule has 1 saturated carbocycles. The number of nitrogens with zero attached hydrogens (tertiary/aromatic N) is 1. The third-order valence-corrected chi connectivity index (χ3v) is 3.94. The Morgan fingerprint density at radius 2 is 1.59 bits per heavy atom. The lowest BCUT2D eigenvalue weighted by Gasteiger charge is -1.92. The van der Waals surface area contributed by atoms with E-state index in [0.29, 0.717) is 5.92 Å². The molecule has 4 heteroatoms. The molecule has 0 bridgehead atoms. The van der Waals surface area contributed by atoms with Gasteiger partial charge in [-0.1, -0.05) is 48.5 Å². The number of rotatable bonds is 3. The molecule has 22 heavy (non-hydrogen) atoms. The summed E-state index contributed by atoms with van der Waals surface area (Å²) in [6.07, 6.45) is 4.21. The Bertz CT molecular complexity index is 693. The third-order valence-electron chi connectivity index (χ3n) is 3.40. The molecule has 112 valence electrons. The molecule has 0 saturated heterocycles. The summed E-state index contributed by atoms with van der Waals surface area (Å²) in [7, 11) is 0. The minimum Gasteiger partial charge on any atom is -0.448 e. The van der Waals surface area contributed by atoms with E-state index in [1.54, 1.807) is 6.26 Å². The summed E-state index contributed by atoms with van der Waals surface area (Å²) in [4.78, 5) is 5.58. The van der Waals surface area contributed by atoms with Crippen molar-refractivity contribution in [1.29, 1.82) is 0 Å². The van der Waals surface area contributed by atoms with Gasteiger partial charge in [-0.15, -0.1) is 0 Å². The van der Waals surface area contributed by atoms with Gasteiger partial charge in [0.05, 0.1) is 0 Å². The van der Waals surface area contributed by atoms with E-state index < -0.39 is 0 Å². The minimum absolute atomic E-state index is 0.590. The highest BCUT2D eigenvalue weighted by Crippen LogP contribution is 2.40. The van der Waals surface area contributed by atoms with E-state index in [4.69, 9.17) is 9.56 Å². The minimum atomic E-state index is 0.590. The standard InChI is InChI=1S/C12H11NO.C6H7NS/c1-2-4-9(5-3-1)11-8-14-12(13-11)10-6-7-10;7-8-6-4-2-1-3-5-6/h1-5,8,10H,6-7H2;1-5H,7H2. The van der Waals surface area contributed by atoms with Crippen LogP contribution in [-0.4, -0.2) is 4.98 Å². The molecule has 0 unspecified atom stereocenters. The average Bonchev–Trinajstić information content (AvgIpc) is 3.34. The molecule has 0 spiro atoms. The Balaban J connectivity index is 0.000000154. The topological polar surface area (TPSA) is 52.0 Å². The number of hydrogen-bond donors (Lipinski definition) is 1. The van der Waals surface area contributed by atoms with Crippen LogP contribution in [0.1, 0.15) is 24.7 Å². The zero-order valence-corrected chi connectivity index (χ0v) is 13.0. The molecule has 0 radical (unpaired) electrons. The Hall–Kier alpha value is -2.04. The lowest BCUT2D eigenvalue weighted by atomic mass is 10.2. The van der Waals surface area contributed by atoms with E-state index in [-0.39, 0.29) is 0 Å². The van der Waals surface area contributed by atoms with Crippen LogP contribution >= 0.6 is 11.9 Å². The first-order valence-corrected chi connectivity index (χ1v) is 8.17. The first-order valence-electron chi connectivity index (χ1n) is 7.29. The van der Waals surface area contributed by atoms with Crippen molar-refractivity contribution in [2.24, 2.45) is 5.14 Å². The molecule has 3 aromatic rings. The normalized spacial score (nSPS) is 13.3. The first kappa shape index (κ1) is 14.9. The predicted octanol–water partition coefficient (Wildman–Crippen LogP) is 4.87. The summed E-state index contributed by atoms with van der Waals surface area (Å²) in [5.41, 5.74) is 2.08. The fraction of sp³-hybridized carbons (Fsp3) is 0.167. The van der Waals surface area contributed by atoms with Crippen LogP contribution in [0.25, 0.3) is 11.3 Å². The van der Waals surface area contributed by atoms with E-state index in [0.717, 1.165) is 22.0 Å². The van der Waals surface area contributed by atoms with Crippen molar-refractivity contribution in [3.8, 4) is 11.3 Å². The smallest absolute Gasteiger partial charge is 0.197 e. The highest BCUT2D eigenvalue weighted by molar-refractivity contribution is 7.97. The summed E-state index contributed by atoms with van der Waals surface area (Å²) in [6, 6.07) is 20.0. The Morgan fingerprint density at radius 1 is 0.955 bits per heavy atom. The molecular weight excluding hydrogens is 292 g/mol. The molecule has 0 atom stereocenters. The zero-order chi connectivity index (χ0) is 15.2. The van der Waals surface area contributed by atoms with Gasteiger partial charge in [-0.3, -0.25) is 5.14 Å². The van der Waals surface area contributed by atoms with Crippen molar-refractivity contribution in [1.82, 2.24) is 4.98 Å². The molecule has 2 N–H and O–H groups in total. The van der Waals surface area contributed by atoms with E-state index in [2.05, 4.69) is 17.1 Å². The van der Waals surface area contributed by atoms with Gasteiger partial charge in [0.2, 0.25) is 0 Å². The van der Waals surface area contributed by atoms with Crippen molar-refractivity contribution < 1.29 is 4.42 Å². The van der Waals surface area contributed by atoms with Crippen LogP contribution in [0.2, 0.25) is 0 Å². The van der Waals surface area contributed by atoms with Gasteiger partial charge in [0.1, 0.15) is 12.0 Å². The van der Waals surface area contributed by atoms with Crippen LogP contribution in [0.3, 0.4) is 0 Å². The summed E-state index contributed by atoms with van der Waals surface area (Å²) in [5.74, 6) is 1.50. The number of benzene rings is 2. The van der Waals surface area contributed by atoms with Crippen molar-refractivity contribution in [2.75, 3.05) is 0 Å². The van der Waals surface area contributed by atoms with Gasteiger partial charge in [-0.05, 0) is 36.9 Å². The molecule has 1 heterocycles. The highest BCUT2D eigenvalue weighted by Gasteiger charge is 2.28. The molecule has 3 nitrogen and oxygen atoms in total. The third kappa shape index (κ3) is 4.00. The van der Waals surface area contributed by atoms with Crippen LogP contribution in [-0.2, 0) is 0 Å². The number of oxazole rings is 1. The van der Waals surface area contributed by atoms with E-state index in [1.165, 1.54) is 24.8 Å². The largest absolute Gasteiger partial charge is 0.448 e. The van der Waals surface area contributed by atoms with Crippen LogP contribution in [0, 0.1) is 0 Å². The Kier molecular flexibility index (Phi) is 4.93. The maximum Gasteiger partial charge on any atom is 0.197 e. The summed E-state index contributed by atoms with van der Waals surface area (Å²) in [5, 5.41) is 5.27. The molecule has 1 aliphatic rings. The molecular formula is C18H18N2OS. The SMILES string of the molecule is NSc1ccccc1.c1ccc(-c2coc(C3CC3)n2)cc1. The van der Waals surface area contributed by atoms with Gasteiger partial charge in [0.15, 0.2) is 5.89 Å². The Labute approximate surface area is 134 Å². The first-order chi connectivity index (χ1) is 10.9. The van der Waals surface area contributed by atoms with Crippen LogP contribution < -0.4 is 5.14 Å². The molecule has 0 aliphatic heterocycles. The summed E-state index contributed by atoms with van der Waals surface area (Å²) >= 11 is 1.27. The predicted molar refractivity (Wildman–Crippen MR) is 90.4 cm³/mol. The van der Waals surface area contributed by atoms with Gasteiger partial charge >= 0.3 is 0 Å². The number of nitrogens with two attached hydrogens (primary N) is 1. The molecule has 1 fully saturated rings. The second-order valence-corrected chi connectivity index (χ2v) is 5.85.